The molecule has 1 atom stereocenters. The molecule has 0 amide bonds. The van der Waals surface area contributed by atoms with E-state index in [1.165, 1.54) is 85.6 Å². The Labute approximate surface area is 231 Å². The van der Waals surface area contributed by atoms with Gasteiger partial charge in [0.15, 0.2) is 0 Å². The number of carbonyl (C=O) groups excluding carboxylic acids is 1. The molecule has 0 saturated heterocycles. The van der Waals surface area contributed by atoms with Gasteiger partial charge in [0.1, 0.15) is 6.10 Å². The first kappa shape index (κ1) is 29.7. The first-order valence-corrected chi connectivity index (χ1v) is 15.1. The zero-order chi connectivity index (χ0) is 27.0. The molecule has 2 heteroatoms. The van der Waals surface area contributed by atoms with E-state index in [2.05, 4.69) is 86.6 Å². The van der Waals surface area contributed by atoms with Gasteiger partial charge in [-0.15, -0.1) is 0 Å². The summed E-state index contributed by atoms with van der Waals surface area (Å²) in [5.74, 6) is -0.0956. The van der Waals surface area contributed by atoms with Gasteiger partial charge < -0.3 is 4.74 Å². The maximum absolute atomic E-state index is 12.5. The number of hydrogen-bond donors (Lipinski definition) is 0. The van der Waals surface area contributed by atoms with E-state index >= 15 is 0 Å². The fourth-order valence-corrected chi connectivity index (χ4v) is 5.08. The van der Waals surface area contributed by atoms with Crippen molar-refractivity contribution < 1.29 is 9.53 Å². The van der Waals surface area contributed by atoms with E-state index in [9.17, 15) is 4.79 Å². The Hall–Kier alpha value is -2.87. The molecule has 0 radical (unpaired) electrons. The fraction of sp³-hybridized carbons (Fsp3) is 0.472. The van der Waals surface area contributed by atoms with Crippen LogP contribution >= 0.6 is 0 Å². The standard InChI is InChI=1S/C36H48O2/c1-4-6-8-10-12-14-18-30-22-24-32(25-23-30)35-28-33(26-27-34(35)31-19-15-13-16-20-31)29(3)38-36(37)21-17-11-9-7-5-2/h13,15-16,19-20,22-29H,4-12,14,17-18,21H2,1-3H3. The number of aryl methyl sites for hydroxylation is 1. The Kier molecular flexibility index (Phi) is 13.2. The summed E-state index contributed by atoms with van der Waals surface area (Å²) in [6, 6.07) is 26.1. The van der Waals surface area contributed by atoms with E-state index in [0.717, 1.165) is 24.8 Å². The van der Waals surface area contributed by atoms with Gasteiger partial charge >= 0.3 is 5.97 Å². The fourth-order valence-electron chi connectivity index (χ4n) is 5.08. The molecular formula is C36H48O2. The van der Waals surface area contributed by atoms with Crippen molar-refractivity contribution in [3.8, 4) is 22.3 Å². The molecule has 0 aliphatic carbocycles. The van der Waals surface area contributed by atoms with Gasteiger partial charge in [-0.25, -0.2) is 0 Å². The van der Waals surface area contributed by atoms with Gasteiger partial charge in [0.05, 0.1) is 0 Å². The average molecular weight is 513 g/mol. The number of hydrogen-bond acceptors (Lipinski definition) is 2. The van der Waals surface area contributed by atoms with Crippen LogP contribution in [-0.4, -0.2) is 5.97 Å². The van der Waals surface area contributed by atoms with Gasteiger partial charge in [0.25, 0.3) is 0 Å². The van der Waals surface area contributed by atoms with Crippen LogP contribution in [0.5, 0.6) is 0 Å². The van der Waals surface area contributed by atoms with Crippen LogP contribution in [-0.2, 0) is 16.0 Å². The van der Waals surface area contributed by atoms with Crippen molar-refractivity contribution >= 4 is 5.97 Å². The maximum atomic E-state index is 12.5. The van der Waals surface area contributed by atoms with Crippen LogP contribution in [0.15, 0.2) is 72.8 Å². The van der Waals surface area contributed by atoms with Gasteiger partial charge in [-0.1, -0.05) is 138 Å². The summed E-state index contributed by atoms with van der Waals surface area (Å²) >= 11 is 0. The Bertz CT molecular complexity index is 1070. The predicted octanol–water partition coefficient (Wildman–Crippen LogP) is 10.9. The summed E-state index contributed by atoms with van der Waals surface area (Å²) in [7, 11) is 0. The van der Waals surface area contributed by atoms with Gasteiger partial charge in [0, 0.05) is 6.42 Å². The van der Waals surface area contributed by atoms with Crippen molar-refractivity contribution in [2.45, 2.75) is 110 Å². The maximum Gasteiger partial charge on any atom is 0.306 e. The van der Waals surface area contributed by atoms with E-state index in [1.54, 1.807) is 0 Å². The van der Waals surface area contributed by atoms with Crippen molar-refractivity contribution in [1.29, 1.82) is 0 Å². The summed E-state index contributed by atoms with van der Waals surface area (Å²) in [5.41, 5.74) is 7.22. The summed E-state index contributed by atoms with van der Waals surface area (Å²) in [6.45, 7) is 6.46. The van der Waals surface area contributed by atoms with Crippen LogP contribution in [0.25, 0.3) is 22.3 Å². The van der Waals surface area contributed by atoms with Crippen LogP contribution in [0.4, 0.5) is 0 Å². The van der Waals surface area contributed by atoms with Crippen molar-refractivity contribution in [1.82, 2.24) is 0 Å². The highest BCUT2D eigenvalue weighted by molar-refractivity contribution is 5.84. The molecular weight excluding hydrogens is 464 g/mol. The highest BCUT2D eigenvalue weighted by atomic mass is 16.5. The number of esters is 1. The lowest BCUT2D eigenvalue weighted by Crippen LogP contribution is -2.09. The van der Waals surface area contributed by atoms with Crippen LogP contribution in [0.1, 0.15) is 115 Å². The van der Waals surface area contributed by atoms with Crippen LogP contribution in [0.3, 0.4) is 0 Å². The van der Waals surface area contributed by atoms with Crippen molar-refractivity contribution in [3.63, 3.8) is 0 Å². The number of unbranched alkanes of at least 4 members (excludes halogenated alkanes) is 9. The number of benzene rings is 3. The smallest absolute Gasteiger partial charge is 0.306 e. The normalized spacial score (nSPS) is 11.9. The van der Waals surface area contributed by atoms with Gasteiger partial charge in [-0.05, 0) is 65.6 Å². The van der Waals surface area contributed by atoms with E-state index in [-0.39, 0.29) is 12.1 Å². The molecule has 1 unspecified atom stereocenters. The topological polar surface area (TPSA) is 26.3 Å². The van der Waals surface area contributed by atoms with Gasteiger partial charge in [-0.3, -0.25) is 4.79 Å². The number of ether oxygens (including phenoxy) is 1. The highest BCUT2D eigenvalue weighted by Crippen LogP contribution is 2.35. The SMILES string of the molecule is CCCCCCCCc1ccc(-c2cc(C(C)OC(=O)CCCCCCC)ccc2-c2ccccc2)cc1. The Balaban J connectivity index is 1.71. The Morgan fingerprint density at radius 1 is 0.658 bits per heavy atom. The zero-order valence-electron chi connectivity index (χ0n) is 24.0. The monoisotopic (exact) mass is 512 g/mol. The third-order valence-electron chi connectivity index (χ3n) is 7.47. The zero-order valence-corrected chi connectivity index (χ0v) is 24.0. The molecule has 3 rings (SSSR count). The summed E-state index contributed by atoms with van der Waals surface area (Å²) < 4.78 is 5.84. The first-order valence-electron chi connectivity index (χ1n) is 15.1. The largest absolute Gasteiger partial charge is 0.458 e. The molecule has 204 valence electrons. The molecule has 0 aliphatic rings. The summed E-state index contributed by atoms with van der Waals surface area (Å²) in [5, 5.41) is 0. The lowest BCUT2D eigenvalue weighted by atomic mass is 9.91. The molecule has 0 bridgehead atoms. The molecule has 0 fully saturated rings. The molecule has 3 aromatic rings. The Morgan fingerprint density at radius 3 is 1.95 bits per heavy atom. The minimum atomic E-state index is -0.270. The molecule has 0 aromatic heterocycles. The predicted molar refractivity (Wildman–Crippen MR) is 162 cm³/mol. The number of carbonyl (C=O) groups is 1. The summed E-state index contributed by atoms with van der Waals surface area (Å²) in [4.78, 5) is 12.5. The summed E-state index contributed by atoms with van der Waals surface area (Å²) in [6.07, 6.45) is 15.0. The second kappa shape index (κ2) is 16.9. The molecule has 0 N–H and O–H groups in total. The van der Waals surface area contributed by atoms with Crippen molar-refractivity contribution in [2.24, 2.45) is 0 Å². The van der Waals surface area contributed by atoms with E-state index in [1.807, 2.05) is 6.92 Å². The second-order valence-electron chi connectivity index (χ2n) is 10.7. The molecule has 3 aromatic carbocycles. The minimum Gasteiger partial charge on any atom is -0.458 e. The molecule has 0 saturated carbocycles. The molecule has 38 heavy (non-hydrogen) atoms. The third kappa shape index (κ3) is 9.78. The van der Waals surface area contributed by atoms with Gasteiger partial charge in [-0.2, -0.15) is 0 Å². The first-order chi connectivity index (χ1) is 18.6. The van der Waals surface area contributed by atoms with Gasteiger partial charge in [0.2, 0.25) is 0 Å². The molecule has 0 spiro atoms. The van der Waals surface area contributed by atoms with Crippen LogP contribution in [0, 0.1) is 0 Å². The molecule has 0 aliphatic heterocycles. The number of rotatable bonds is 17. The molecule has 2 nitrogen and oxygen atoms in total. The van der Waals surface area contributed by atoms with Crippen molar-refractivity contribution in [3.05, 3.63) is 83.9 Å². The van der Waals surface area contributed by atoms with Crippen LogP contribution in [0.2, 0.25) is 0 Å². The minimum absolute atomic E-state index is 0.0956. The Morgan fingerprint density at radius 2 is 1.26 bits per heavy atom. The highest BCUT2D eigenvalue weighted by Gasteiger charge is 2.15. The molecule has 0 heterocycles. The van der Waals surface area contributed by atoms with E-state index in [4.69, 9.17) is 4.74 Å². The van der Waals surface area contributed by atoms with E-state index in [0.29, 0.717) is 6.42 Å². The van der Waals surface area contributed by atoms with Crippen molar-refractivity contribution in [2.75, 3.05) is 0 Å². The van der Waals surface area contributed by atoms with Crippen LogP contribution < -0.4 is 0 Å². The second-order valence-corrected chi connectivity index (χ2v) is 10.7. The lowest BCUT2D eigenvalue weighted by molar-refractivity contribution is -0.148. The average Bonchev–Trinajstić information content (AvgIpc) is 2.95. The quantitative estimate of drug-likeness (QED) is 0.133. The lowest BCUT2D eigenvalue weighted by Gasteiger charge is -2.18. The van der Waals surface area contributed by atoms with E-state index < -0.39 is 0 Å². The third-order valence-corrected chi connectivity index (χ3v) is 7.47.